The smallest absolute Gasteiger partial charge is 0.263 e. The van der Waals surface area contributed by atoms with Gasteiger partial charge in [-0.05, 0) is 12.8 Å². The summed E-state index contributed by atoms with van der Waals surface area (Å²) in [5.74, 6) is 1.38. The molecule has 0 unspecified atom stereocenters. The van der Waals surface area contributed by atoms with Crippen molar-refractivity contribution in [2.24, 2.45) is 0 Å². The average Bonchev–Trinajstić information content (AvgIpc) is 3.01. The fourth-order valence-corrected chi connectivity index (χ4v) is 2.82. The van der Waals surface area contributed by atoms with Gasteiger partial charge in [0, 0.05) is 28.8 Å². The summed E-state index contributed by atoms with van der Waals surface area (Å²) in [6.45, 7) is 0. The van der Waals surface area contributed by atoms with Gasteiger partial charge < -0.3 is 5.73 Å². The molecule has 0 radical (unpaired) electrons. The van der Waals surface area contributed by atoms with Crippen LogP contribution in [0.2, 0.25) is 0 Å². The van der Waals surface area contributed by atoms with Gasteiger partial charge in [-0.25, -0.2) is 18.7 Å². The highest BCUT2D eigenvalue weighted by atomic mass is 19.3. The Morgan fingerprint density at radius 1 is 1.05 bits per heavy atom. The molecule has 2 N–H and O–H groups in total. The van der Waals surface area contributed by atoms with Gasteiger partial charge in [-0.1, -0.05) is 37.1 Å². The second-order valence-electron chi connectivity index (χ2n) is 5.45. The molecule has 1 saturated carbocycles. The van der Waals surface area contributed by atoms with Gasteiger partial charge in [-0.3, -0.25) is 0 Å². The standard InChI is InChI=1S/C16H17F2N3/c17-15(18)11-5-7-12(8-6-11)16-20-13(9-14(19)21-16)10-3-1-2-4-10/h5-10,15H,1-4H2,(H2,19,20,21). The molecule has 3 nitrogen and oxygen atoms in total. The number of hydrogen-bond donors (Lipinski definition) is 1. The molecule has 2 aromatic rings. The van der Waals surface area contributed by atoms with Crippen LogP contribution in [0.5, 0.6) is 0 Å². The van der Waals surface area contributed by atoms with Crippen molar-refractivity contribution in [3.63, 3.8) is 0 Å². The second-order valence-corrected chi connectivity index (χ2v) is 5.45. The molecule has 0 amide bonds. The number of nitrogen functional groups attached to an aromatic ring is 1. The maximum atomic E-state index is 12.6. The zero-order valence-electron chi connectivity index (χ0n) is 11.6. The van der Waals surface area contributed by atoms with Gasteiger partial charge in [-0.2, -0.15) is 0 Å². The summed E-state index contributed by atoms with van der Waals surface area (Å²) < 4.78 is 25.2. The van der Waals surface area contributed by atoms with E-state index in [1.54, 1.807) is 12.1 Å². The van der Waals surface area contributed by atoms with E-state index in [2.05, 4.69) is 9.97 Å². The molecule has 1 fully saturated rings. The van der Waals surface area contributed by atoms with Crippen LogP contribution in [-0.4, -0.2) is 9.97 Å². The number of aromatic nitrogens is 2. The molecular formula is C16H17F2N3. The van der Waals surface area contributed by atoms with E-state index in [1.807, 2.05) is 6.07 Å². The van der Waals surface area contributed by atoms with Crippen molar-refractivity contribution in [1.82, 2.24) is 9.97 Å². The van der Waals surface area contributed by atoms with E-state index in [0.29, 0.717) is 23.1 Å². The largest absolute Gasteiger partial charge is 0.384 e. The van der Waals surface area contributed by atoms with Crippen LogP contribution < -0.4 is 5.73 Å². The Balaban J connectivity index is 1.93. The van der Waals surface area contributed by atoms with Gasteiger partial charge in [0.05, 0.1) is 0 Å². The van der Waals surface area contributed by atoms with E-state index in [0.717, 1.165) is 18.5 Å². The predicted octanol–water partition coefficient (Wildman–Crippen LogP) is 4.32. The topological polar surface area (TPSA) is 51.8 Å². The molecule has 0 aliphatic heterocycles. The van der Waals surface area contributed by atoms with Crippen molar-refractivity contribution in [1.29, 1.82) is 0 Å². The van der Waals surface area contributed by atoms with Gasteiger partial charge in [0.2, 0.25) is 0 Å². The van der Waals surface area contributed by atoms with Crippen molar-refractivity contribution in [2.45, 2.75) is 38.0 Å². The highest BCUT2D eigenvalue weighted by molar-refractivity contribution is 5.57. The van der Waals surface area contributed by atoms with Crippen LogP contribution in [-0.2, 0) is 0 Å². The van der Waals surface area contributed by atoms with E-state index in [9.17, 15) is 8.78 Å². The quantitative estimate of drug-likeness (QED) is 0.915. The molecule has 0 atom stereocenters. The Kier molecular flexibility index (Phi) is 3.82. The zero-order valence-corrected chi connectivity index (χ0v) is 11.6. The minimum Gasteiger partial charge on any atom is -0.384 e. The molecule has 110 valence electrons. The average molecular weight is 289 g/mol. The summed E-state index contributed by atoms with van der Waals surface area (Å²) in [6, 6.07) is 7.87. The van der Waals surface area contributed by atoms with Crippen molar-refractivity contribution in [3.05, 3.63) is 41.6 Å². The van der Waals surface area contributed by atoms with Crippen molar-refractivity contribution in [2.75, 3.05) is 5.73 Å². The molecule has 1 aromatic heterocycles. The lowest BCUT2D eigenvalue weighted by Crippen LogP contribution is -2.03. The first-order chi connectivity index (χ1) is 10.1. The van der Waals surface area contributed by atoms with Crippen LogP contribution in [0.15, 0.2) is 30.3 Å². The van der Waals surface area contributed by atoms with E-state index in [4.69, 9.17) is 5.73 Å². The number of nitrogens with zero attached hydrogens (tertiary/aromatic N) is 2. The highest BCUT2D eigenvalue weighted by Crippen LogP contribution is 2.34. The van der Waals surface area contributed by atoms with Gasteiger partial charge in [0.1, 0.15) is 5.82 Å². The SMILES string of the molecule is Nc1cc(C2CCCC2)nc(-c2ccc(C(F)F)cc2)n1. The van der Waals surface area contributed by atoms with Crippen molar-refractivity contribution < 1.29 is 8.78 Å². The Hall–Kier alpha value is -2.04. The van der Waals surface area contributed by atoms with Crippen LogP contribution in [0.1, 0.15) is 49.3 Å². The molecule has 1 heterocycles. The molecule has 0 spiro atoms. The zero-order chi connectivity index (χ0) is 14.8. The van der Waals surface area contributed by atoms with Gasteiger partial charge >= 0.3 is 0 Å². The fraction of sp³-hybridized carbons (Fsp3) is 0.375. The fourth-order valence-electron chi connectivity index (χ4n) is 2.82. The van der Waals surface area contributed by atoms with E-state index >= 15 is 0 Å². The van der Waals surface area contributed by atoms with Gasteiger partial charge in [0.25, 0.3) is 6.43 Å². The van der Waals surface area contributed by atoms with Gasteiger partial charge in [-0.15, -0.1) is 0 Å². The first-order valence-electron chi connectivity index (χ1n) is 7.16. The first kappa shape index (κ1) is 13.9. The highest BCUT2D eigenvalue weighted by Gasteiger charge is 2.20. The molecule has 21 heavy (non-hydrogen) atoms. The summed E-state index contributed by atoms with van der Waals surface area (Å²) in [5, 5.41) is 0. The second kappa shape index (κ2) is 5.76. The molecule has 0 saturated heterocycles. The van der Waals surface area contributed by atoms with Crippen LogP contribution in [0.3, 0.4) is 0 Å². The minimum absolute atomic E-state index is 0.00123. The van der Waals surface area contributed by atoms with Crippen molar-refractivity contribution in [3.8, 4) is 11.4 Å². The summed E-state index contributed by atoms with van der Waals surface area (Å²) in [5.41, 5.74) is 7.55. The Labute approximate surface area is 122 Å². The molecule has 1 aliphatic carbocycles. The molecule has 0 bridgehead atoms. The number of halogens is 2. The maximum absolute atomic E-state index is 12.6. The summed E-state index contributed by atoms with van der Waals surface area (Å²) >= 11 is 0. The first-order valence-corrected chi connectivity index (χ1v) is 7.16. The molecule has 1 aromatic carbocycles. The lowest BCUT2D eigenvalue weighted by molar-refractivity contribution is 0.151. The summed E-state index contributed by atoms with van der Waals surface area (Å²) in [6.07, 6.45) is 2.22. The predicted molar refractivity (Wildman–Crippen MR) is 78.0 cm³/mol. The van der Waals surface area contributed by atoms with Crippen LogP contribution in [0.25, 0.3) is 11.4 Å². The Morgan fingerprint density at radius 2 is 1.71 bits per heavy atom. The minimum atomic E-state index is -2.46. The lowest BCUT2D eigenvalue weighted by Gasteiger charge is -2.11. The Bertz CT molecular complexity index is 620. The normalized spacial score (nSPS) is 15.8. The summed E-state index contributed by atoms with van der Waals surface area (Å²) in [7, 11) is 0. The Morgan fingerprint density at radius 3 is 2.33 bits per heavy atom. The van der Waals surface area contributed by atoms with Crippen molar-refractivity contribution >= 4 is 5.82 Å². The van der Waals surface area contributed by atoms with Crippen LogP contribution in [0.4, 0.5) is 14.6 Å². The van der Waals surface area contributed by atoms with Crippen LogP contribution in [0, 0.1) is 0 Å². The number of nitrogens with two attached hydrogens (primary N) is 1. The van der Waals surface area contributed by atoms with Gasteiger partial charge in [0.15, 0.2) is 5.82 Å². The van der Waals surface area contributed by atoms with E-state index in [-0.39, 0.29) is 5.56 Å². The molecular weight excluding hydrogens is 272 g/mol. The number of alkyl halides is 2. The van der Waals surface area contributed by atoms with E-state index < -0.39 is 6.43 Å². The number of rotatable bonds is 3. The third kappa shape index (κ3) is 3.01. The number of hydrogen-bond acceptors (Lipinski definition) is 3. The third-order valence-electron chi connectivity index (χ3n) is 3.96. The van der Waals surface area contributed by atoms with E-state index in [1.165, 1.54) is 25.0 Å². The lowest BCUT2D eigenvalue weighted by atomic mass is 10.0. The monoisotopic (exact) mass is 289 g/mol. The molecule has 5 heteroatoms. The molecule has 1 aliphatic rings. The number of anilines is 1. The third-order valence-corrected chi connectivity index (χ3v) is 3.96. The number of benzene rings is 1. The molecule has 3 rings (SSSR count). The summed E-state index contributed by atoms with van der Waals surface area (Å²) in [4.78, 5) is 8.81. The van der Waals surface area contributed by atoms with Crippen LogP contribution >= 0.6 is 0 Å². The maximum Gasteiger partial charge on any atom is 0.263 e.